The summed E-state index contributed by atoms with van der Waals surface area (Å²) in [5.74, 6) is 2.40. The average Bonchev–Trinajstić information content (AvgIpc) is 3.08. The van der Waals surface area contributed by atoms with Crippen LogP contribution in [0.25, 0.3) is 6.08 Å². The van der Waals surface area contributed by atoms with Crippen molar-refractivity contribution in [2.24, 2.45) is 17.8 Å². The zero-order chi connectivity index (χ0) is 25.0. The molecule has 1 saturated heterocycles. The highest BCUT2D eigenvalue weighted by Crippen LogP contribution is 2.61. The fraction of sp³-hybridized carbons (Fsp3) is 0.448. The predicted octanol–water partition coefficient (Wildman–Crippen LogP) is 7.58. The van der Waals surface area contributed by atoms with Crippen LogP contribution in [0.5, 0.6) is 5.75 Å². The van der Waals surface area contributed by atoms with E-state index in [0.717, 1.165) is 40.8 Å². The van der Waals surface area contributed by atoms with Crippen molar-refractivity contribution in [3.05, 3.63) is 68.8 Å². The van der Waals surface area contributed by atoms with Crippen molar-refractivity contribution in [1.29, 1.82) is 0 Å². The molecule has 4 saturated carbocycles. The van der Waals surface area contributed by atoms with E-state index in [1.54, 1.807) is 6.08 Å². The topological polar surface area (TPSA) is 46.6 Å². The second kappa shape index (κ2) is 9.21. The van der Waals surface area contributed by atoms with Gasteiger partial charge in [0.1, 0.15) is 11.6 Å². The normalized spacial score (nSPS) is 30.0. The first kappa shape index (κ1) is 24.1. The van der Waals surface area contributed by atoms with Crippen molar-refractivity contribution in [2.45, 2.75) is 57.4 Å². The Bertz CT molecular complexity index is 1240. The van der Waals surface area contributed by atoms with E-state index in [2.05, 4.69) is 12.1 Å². The summed E-state index contributed by atoms with van der Waals surface area (Å²) in [5.41, 5.74) is 2.94. The minimum absolute atomic E-state index is 0.00670. The van der Waals surface area contributed by atoms with E-state index in [4.69, 9.17) is 16.3 Å². The SMILES string of the molecule is CCOc1ccc(C23CC4CC(CC(C4)C2)C3)cc1/C=C1/SC(=O)N(Cc2ccc(F)cc2Cl)C1=O. The standard InChI is InChI=1S/C29H29ClFNO3S/c1-2-35-25-6-4-22(29-13-17-7-18(14-29)9-19(8-17)15-29)10-21(25)11-26-27(33)32(28(34)36-26)16-20-3-5-23(31)12-24(20)30/h3-6,10-12,17-19H,2,7-9,13-16H2,1H3/b26-11+. The zero-order valence-electron chi connectivity index (χ0n) is 20.3. The predicted molar refractivity (Wildman–Crippen MR) is 140 cm³/mol. The van der Waals surface area contributed by atoms with Crippen molar-refractivity contribution in [2.75, 3.05) is 6.61 Å². The lowest BCUT2D eigenvalue weighted by Gasteiger charge is -2.57. The molecule has 36 heavy (non-hydrogen) atoms. The van der Waals surface area contributed by atoms with Gasteiger partial charge in [0.2, 0.25) is 0 Å². The molecule has 1 aliphatic heterocycles. The summed E-state index contributed by atoms with van der Waals surface area (Å²) in [5, 5.41) is -0.165. The second-order valence-electron chi connectivity index (χ2n) is 10.9. The van der Waals surface area contributed by atoms with E-state index >= 15 is 0 Å². The maximum absolute atomic E-state index is 13.4. The van der Waals surface area contributed by atoms with Gasteiger partial charge in [0.25, 0.3) is 11.1 Å². The molecule has 4 bridgehead atoms. The summed E-state index contributed by atoms with van der Waals surface area (Å²) in [6.45, 7) is 2.46. The number of nitrogens with zero attached hydrogens (tertiary/aromatic N) is 1. The van der Waals surface area contributed by atoms with Gasteiger partial charge in [-0.25, -0.2) is 4.39 Å². The number of ether oxygens (including phenoxy) is 1. The fourth-order valence-electron chi connectivity index (χ4n) is 7.34. The summed E-state index contributed by atoms with van der Waals surface area (Å²) in [4.78, 5) is 27.5. The van der Waals surface area contributed by atoms with E-state index in [-0.39, 0.29) is 28.1 Å². The van der Waals surface area contributed by atoms with Crippen LogP contribution in [0.4, 0.5) is 9.18 Å². The summed E-state index contributed by atoms with van der Waals surface area (Å²) in [7, 11) is 0. The lowest BCUT2D eigenvalue weighted by atomic mass is 9.48. The first-order valence-electron chi connectivity index (χ1n) is 12.8. The minimum Gasteiger partial charge on any atom is -0.493 e. The summed E-state index contributed by atoms with van der Waals surface area (Å²) in [6, 6.07) is 10.4. The van der Waals surface area contributed by atoms with Crippen LogP contribution in [0.3, 0.4) is 0 Å². The number of benzene rings is 2. The molecule has 7 heteroatoms. The number of imide groups is 1. The molecule has 7 rings (SSSR count). The summed E-state index contributed by atoms with van der Waals surface area (Å²) in [6.07, 6.45) is 9.70. The molecule has 0 radical (unpaired) electrons. The number of amides is 2. The van der Waals surface area contributed by atoms with Crippen molar-refractivity contribution in [3.8, 4) is 5.75 Å². The quantitative estimate of drug-likeness (QED) is 0.365. The highest BCUT2D eigenvalue weighted by atomic mass is 35.5. The maximum atomic E-state index is 13.4. The van der Waals surface area contributed by atoms with Gasteiger partial charge in [-0.2, -0.15) is 0 Å². The maximum Gasteiger partial charge on any atom is 0.293 e. The fourth-order valence-corrected chi connectivity index (χ4v) is 8.40. The third-order valence-electron chi connectivity index (χ3n) is 8.46. The number of halogens is 2. The van der Waals surface area contributed by atoms with Crippen LogP contribution >= 0.6 is 23.4 Å². The van der Waals surface area contributed by atoms with Crippen molar-refractivity contribution < 1.29 is 18.7 Å². The highest BCUT2D eigenvalue weighted by Gasteiger charge is 2.51. The number of hydrogen-bond acceptors (Lipinski definition) is 4. The molecule has 4 aliphatic carbocycles. The van der Waals surface area contributed by atoms with Gasteiger partial charge in [0, 0.05) is 10.6 Å². The molecule has 0 N–H and O–H groups in total. The molecular formula is C29H29ClFNO3S. The third-order valence-corrected chi connectivity index (χ3v) is 9.72. The second-order valence-corrected chi connectivity index (χ2v) is 12.3. The molecule has 0 unspecified atom stereocenters. The van der Waals surface area contributed by atoms with Gasteiger partial charge in [0.05, 0.1) is 18.1 Å². The molecule has 5 fully saturated rings. The molecule has 0 atom stereocenters. The first-order valence-corrected chi connectivity index (χ1v) is 14.0. The molecule has 4 nitrogen and oxygen atoms in total. The van der Waals surface area contributed by atoms with Crippen LogP contribution < -0.4 is 4.74 Å². The molecule has 2 amide bonds. The Morgan fingerprint density at radius 1 is 1.08 bits per heavy atom. The number of thioether (sulfide) groups is 1. The Labute approximate surface area is 220 Å². The van der Waals surface area contributed by atoms with Gasteiger partial charge in [-0.1, -0.05) is 23.7 Å². The van der Waals surface area contributed by atoms with Gasteiger partial charge < -0.3 is 4.74 Å². The molecule has 0 aromatic heterocycles. The van der Waals surface area contributed by atoms with E-state index in [1.807, 2.05) is 13.0 Å². The lowest BCUT2D eigenvalue weighted by Crippen LogP contribution is -2.48. The third kappa shape index (κ3) is 4.26. The Balaban J connectivity index is 1.31. The molecule has 0 spiro atoms. The average molecular weight is 526 g/mol. The Hall–Kier alpha value is -2.31. The smallest absolute Gasteiger partial charge is 0.293 e. The van der Waals surface area contributed by atoms with Crippen LogP contribution in [0.2, 0.25) is 5.02 Å². The molecule has 2 aromatic carbocycles. The Morgan fingerprint density at radius 2 is 1.78 bits per heavy atom. The van der Waals surface area contributed by atoms with E-state index in [0.29, 0.717) is 17.1 Å². The Morgan fingerprint density at radius 3 is 2.42 bits per heavy atom. The number of carbonyl (C=O) groups is 2. The number of rotatable bonds is 6. The molecule has 188 valence electrons. The van der Waals surface area contributed by atoms with Gasteiger partial charge in [0.15, 0.2) is 0 Å². The van der Waals surface area contributed by atoms with E-state index < -0.39 is 5.82 Å². The molecule has 2 aromatic rings. The van der Waals surface area contributed by atoms with Crippen LogP contribution in [0.1, 0.15) is 62.1 Å². The monoisotopic (exact) mass is 525 g/mol. The van der Waals surface area contributed by atoms with Gasteiger partial charge in [-0.15, -0.1) is 0 Å². The molecule has 5 aliphatic rings. The van der Waals surface area contributed by atoms with Crippen molar-refractivity contribution in [3.63, 3.8) is 0 Å². The lowest BCUT2D eigenvalue weighted by molar-refractivity contribution is -0.123. The van der Waals surface area contributed by atoms with Gasteiger partial charge in [-0.05, 0) is 122 Å². The van der Waals surface area contributed by atoms with Gasteiger partial charge >= 0.3 is 0 Å². The van der Waals surface area contributed by atoms with Crippen molar-refractivity contribution >= 4 is 40.6 Å². The largest absolute Gasteiger partial charge is 0.493 e. The van der Waals surface area contributed by atoms with Gasteiger partial charge in [-0.3, -0.25) is 14.5 Å². The highest BCUT2D eigenvalue weighted by molar-refractivity contribution is 8.18. The first-order chi connectivity index (χ1) is 17.3. The van der Waals surface area contributed by atoms with Crippen LogP contribution in [0, 0.1) is 23.6 Å². The molecule has 1 heterocycles. The minimum atomic E-state index is -0.458. The number of carbonyl (C=O) groups excluding carboxylic acids is 2. The van der Waals surface area contributed by atoms with Crippen molar-refractivity contribution in [1.82, 2.24) is 4.90 Å². The number of hydrogen-bond donors (Lipinski definition) is 0. The van der Waals surface area contributed by atoms with E-state index in [1.165, 1.54) is 67.2 Å². The van der Waals surface area contributed by atoms with E-state index in [9.17, 15) is 14.0 Å². The summed E-state index contributed by atoms with van der Waals surface area (Å²) < 4.78 is 19.3. The Kier molecular flexibility index (Phi) is 6.16. The van der Waals surface area contributed by atoms with Crippen LogP contribution in [-0.2, 0) is 16.8 Å². The van der Waals surface area contributed by atoms with Crippen LogP contribution in [-0.4, -0.2) is 22.7 Å². The van der Waals surface area contributed by atoms with Crippen LogP contribution in [0.15, 0.2) is 41.3 Å². The molecular weight excluding hydrogens is 497 g/mol. The summed E-state index contributed by atoms with van der Waals surface area (Å²) >= 11 is 7.07. The zero-order valence-corrected chi connectivity index (χ0v) is 21.8.